The molecule has 0 aromatic carbocycles. The van der Waals surface area contributed by atoms with Gasteiger partial charge in [-0.05, 0) is 12.1 Å². The summed E-state index contributed by atoms with van der Waals surface area (Å²) in [6.45, 7) is 2.48. The molecule has 0 fully saturated rings. The largest absolute Gasteiger partial charge is 0.467 e. The Hall–Kier alpha value is -0.940. The van der Waals surface area contributed by atoms with Crippen molar-refractivity contribution in [1.29, 1.82) is 0 Å². The fourth-order valence-electron chi connectivity index (χ4n) is 1.10. The van der Waals surface area contributed by atoms with E-state index in [0.717, 1.165) is 5.76 Å². The number of furan rings is 1. The number of rotatable bonds is 6. The third-order valence-corrected chi connectivity index (χ3v) is 3.28. The second kappa shape index (κ2) is 6.60. The van der Waals surface area contributed by atoms with Gasteiger partial charge in [0.1, 0.15) is 5.76 Å². The van der Waals surface area contributed by atoms with Gasteiger partial charge < -0.3 is 14.4 Å². The molecule has 1 aromatic heterocycles. The zero-order valence-corrected chi connectivity index (χ0v) is 10.4. The molecule has 0 spiro atoms. The normalized spacial score (nSPS) is 12.4. The van der Waals surface area contributed by atoms with E-state index in [4.69, 9.17) is 9.52 Å². The van der Waals surface area contributed by atoms with Gasteiger partial charge in [0.2, 0.25) is 5.91 Å². The van der Waals surface area contributed by atoms with Gasteiger partial charge in [0, 0.05) is 12.3 Å². The van der Waals surface area contributed by atoms with E-state index < -0.39 is 0 Å². The van der Waals surface area contributed by atoms with Gasteiger partial charge >= 0.3 is 0 Å². The lowest BCUT2D eigenvalue weighted by Gasteiger charge is -2.16. The predicted molar refractivity (Wildman–Crippen MR) is 64.2 cm³/mol. The molecular weight excluding hydrogens is 226 g/mol. The molecule has 1 rings (SSSR count). The lowest BCUT2D eigenvalue weighted by Crippen LogP contribution is -2.28. The van der Waals surface area contributed by atoms with Crippen LogP contribution in [-0.2, 0) is 11.3 Å². The molecule has 0 aliphatic carbocycles. The first-order chi connectivity index (χ1) is 7.63. The van der Waals surface area contributed by atoms with Crippen LogP contribution in [-0.4, -0.2) is 40.6 Å². The molecule has 1 aromatic rings. The van der Waals surface area contributed by atoms with Crippen molar-refractivity contribution in [2.24, 2.45) is 0 Å². The van der Waals surface area contributed by atoms with Gasteiger partial charge in [-0.1, -0.05) is 6.92 Å². The van der Waals surface area contributed by atoms with Crippen LogP contribution in [0.1, 0.15) is 12.7 Å². The molecule has 4 nitrogen and oxygen atoms in total. The summed E-state index contributed by atoms with van der Waals surface area (Å²) in [5.74, 6) is 1.21. The highest BCUT2D eigenvalue weighted by Gasteiger charge is 2.12. The molecule has 1 amide bonds. The summed E-state index contributed by atoms with van der Waals surface area (Å²) >= 11 is 1.45. The molecule has 0 aliphatic rings. The van der Waals surface area contributed by atoms with E-state index in [9.17, 15) is 4.79 Å². The molecule has 1 heterocycles. The average molecular weight is 243 g/mol. The molecule has 0 radical (unpaired) electrons. The molecule has 0 saturated heterocycles. The molecule has 1 unspecified atom stereocenters. The van der Waals surface area contributed by atoms with E-state index in [2.05, 4.69) is 0 Å². The van der Waals surface area contributed by atoms with Crippen molar-refractivity contribution in [3.8, 4) is 0 Å². The summed E-state index contributed by atoms with van der Waals surface area (Å²) in [7, 11) is 1.75. The van der Waals surface area contributed by atoms with Gasteiger partial charge in [0.25, 0.3) is 0 Å². The van der Waals surface area contributed by atoms with Crippen LogP contribution in [0, 0.1) is 0 Å². The monoisotopic (exact) mass is 243 g/mol. The van der Waals surface area contributed by atoms with Crippen molar-refractivity contribution in [1.82, 2.24) is 4.90 Å². The number of thioether (sulfide) groups is 1. The summed E-state index contributed by atoms with van der Waals surface area (Å²) in [5, 5.41) is 8.93. The Morgan fingerprint density at radius 3 is 3.00 bits per heavy atom. The Morgan fingerprint density at radius 2 is 2.44 bits per heavy atom. The summed E-state index contributed by atoms with van der Waals surface area (Å²) in [5.41, 5.74) is 0. The number of nitrogens with zero attached hydrogens (tertiary/aromatic N) is 1. The molecule has 0 saturated carbocycles. The Bertz CT molecular complexity index is 313. The van der Waals surface area contributed by atoms with Gasteiger partial charge in [-0.3, -0.25) is 4.79 Å². The molecule has 0 aliphatic heterocycles. The SMILES string of the molecule is CC(CO)SCC(=O)N(C)Cc1ccco1. The maximum atomic E-state index is 11.7. The Labute approximate surface area is 99.6 Å². The van der Waals surface area contributed by atoms with Crippen LogP contribution >= 0.6 is 11.8 Å². The van der Waals surface area contributed by atoms with Gasteiger partial charge in [0.15, 0.2) is 0 Å². The van der Waals surface area contributed by atoms with Gasteiger partial charge in [-0.2, -0.15) is 0 Å². The maximum Gasteiger partial charge on any atom is 0.232 e. The number of hydrogen-bond donors (Lipinski definition) is 1. The van der Waals surface area contributed by atoms with Crippen LogP contribution in [0.4, 0.5) is 0 Å². The number of amides is 1. The van der Waals surface area contributed by atoms with Crippen LogP contribution < -0.4 is 0 Å². The molecule has 16 heavy (non-hydrogen) atoms. The van der Waals surface area contributed by atoms with Gasteiger partial charge in [-0.25, -0.2) is 0 Å². The molecular formula is C11H17NO3S. The topological polar surface area (TPSA) is 53.7 Å². The molecule has 90 valence electrons. The lowest BCUT2D eigenvalue weighted by atomic mass is 10.4. The van der Waals surface area contributed by atoms with Crippen LogP contribution in [0.2, 0.25) is 0 Å². The number of carbonyl (C=O) groups excluding carboxylic acids is 1. The fourth-order valence-corrected chi connectivity index (χ4v) is 1.85. The molecule has 0 bridgehead atoms. The fraction of sp³-hybridized carbons (Fsp3) is 0.545. The van der Waals surface area contributed by atoms with Crippen LogP contribution in [0.5, 0.6) is 0 Å². The molecule has 1 N–H and O–H groups in total. The second-order valence-electron chi connectivity index (χ2n) is 3.63. The lowest BCUT2D eigenvalue weighted by molar-refractivity contribution is -0.127. The van der Waals surface area contributed by atoms with Crippen molar-refractivity contribution in [2.75, 3.05) is 19.4 Å². The zero-order valence-electron chi connectivity index (χ0n) is 9.55. The van der Waals surface area contributed by atoms with E-state index >= 15 is 0 Å². The summed E-state index contributed by atoms with van der Waals surface area (Å²) in [6.07, 6.45) is 1.59. The maximum absolute atomic E-state index is 11.7. The Morgan fingerprint density at radius 1 is 1.69 bits per heavy atom. The van der Waals surface area contributed by atoms with Crippen molar-refractivity contribution >= 4 is 17.7 Å². The van der Waals surface area contributed by atoms with Gasteiger partial charge in [-0.15, -0.1) is 11.8 Å². The molecule has 5 heteroatoms. The second-order valence-corrected chi connectivity index (χ2v) is 5.06. The average Bonchev–Trinajstić information content (AvgIpc) is 2.77. The summed E-state index contributed by atoms with van der Waals surface area (Å²) in [4.78, 5) is 13.3. The van der Waals surface area contributed by atoms with Crippen molar-refractivity contribution < 1.29 is 14.3 Å². The third kappa shape index (κ3) is 4.28. The minimum Gasteiger partial charge on any atom is -0.467 e. The summed E-state index contributed by atoms with van der Waals surface area (Å²) < 4.78 is 5.16. The van der Waals surface area contributed by atoms with Crippen LogP contribution in [0.3, 0.4) is 0 Å². The molecule has 1 atom stereocenters. The van der Waals surface area contributed by atoms with Crippen LogP contribution in [0.25, 0.3) is 0 Å². The predicted octanol–water partition coefficient (Wildman–Crippen LogP) is 1.35. The van der Waals surface area contributed by atoms with Crippen molar-refractivity contribution in [3.05, 3.63) is 24.2 Å². The minimum absolute atomic E-state index is 0.0432. The van der Waals surface area contributed by atoms with E-state index in [1.54, 1.807) is 24.3 Å². The van der Waals surface area contributed by atoms with E-state index in [1.165, 1.54) is 11.8 Å². The number of hydrogen-bond acceptors (Lipinski definition) is 4. The Kier molecular flexibility index (Phi) is 5.42. The smallest absolute Gasteiger partial charge is 0.232 e. The standard InChI is InChI=1S/C11H17NO3S/c1-9(7-13)16-8-11(14)12(2)6-10-4-3-5-15-10/h3-5,9,13H,6-8H2,1-2H3. The quantitative estimate of drug-likeness (QED) is 0.819. The van der Waals surface area contributed by atoms with Crippen molar-refractivity contribution in [2.45, 2.75) is 18.7 Å². The first kappa shape index (κ1) is 13.1. The number of aliphatic hydroxyl groups is 1. The van der Waals surface area contributed by atoms with E-state index in [-0.39, 0.29) is 17.8 Å². The van der Waals surface area contributed by atoms with E-state index in [0.29, 0.717) is 12.3 Å². The number of carbonyl (C=O) groups is 1. The van der Waals surface area contributed by atoms with Gasteiger partial charge in [0.05, 0.1) is 25.2 Å². The highest BCUT2D eigenvalue weighted by atomic mass is 32.2. The van der Waals surface area contributed by atoms with Crippen molar-refractivity contribution in [3.63, 3.8) is 0 Å². The van der Waals surface area contributed by atoms with E-state index in [1.807, 2.05) is 13.0 Å². The highest BCUT2D eigenvalue weighted by Crippen LogP contribution is 2.11. The third-order valence-electron chi connectivity index (χ3n) is 2.15. The summed E-state index contributed by atoms with van der Waals surface area (Å²) in [6, 6.07) is 3.64. The minimum atomic E-state index is 0.0432. The first-order valence-corrected chi connectivity index (χ1v) is 6.17. The first-order valence-electron chi connectivity index (χ1n) is 5.12. The number of aliphatic hydroxyl groups excluding tert-OH is 1. The Balaban J connectivity index is 2.31. The highest BCUT2D eigenvalue weighted by molar-refractivity contribution is 8.00. The zero-order chi connectivity index (χ0) is 12.0. The van der Waals surface area contributed by atoms with Crippen LogP contribution in [0.15, 0.2) is 22.8 Å².